The second kappa shape index (κ2) is 7.36. The molecule has 0 aliphatic carbocycles. The Morgan fingerprint density at radius 2 is 1.50 bits per heavy atom. The van der Waals surface area contributed by atoms with Crippen molar-refractivity contribution in [3.8, 4) is 22.6 Å². The van der Waals surface area contributed by atoms with Gasteiger partial charge in [-0.2, -0.15) is 0 Å². The molecule has 0 spiro atoms. The Hall–Kier alpha value is -2.53. The molecule has 1 aliphatic heterocycles. The van der Waals surface area contributed by atoms with Crippen molar-refractivity contribution in [2.45, 2.75) is 26.2 Å². The number of nitrogens with one attached hydrogen (secondary N) is 2. The van der Waals surface area contributed by atoms with Gasteiger partial charge in [-0.05, 0) is 12.1 Å². The van der Waals surface area contributed by atoms with E-state index in [4.69, 9.17) is 9.47 Å². The maximum atomic E-state index is 12.4. The van der Waals surface area contributed by atoms with Crippen LogP contribution in [0.5, 0.6) is 11.5 Å². The van der Waals surface area contributed by atoms with Crippen molar-refractivity contribution in [1.82, 2.24) is 10.6 Å². The Morgan fingerprint density at radius 1 is 0.958 bits per heavy atom. The average molecular weight is 326 g/mol. The van der Waals surface area contributed by atoms with Crippen LogP contribution in [-0.2, 0) is 4.79 Å². The lowest BCUT2D eigenvalue weighted by molar-refractivity contribution is -0.139. The number of ether oxygens (including phenoxy) is 2. The topological polar surface area (TPSA) is 59.6 Å². The van der Waals surface area contributed by atoms with E-state index in [-0.39, 0.29) is 5.91 Å². The molecule has 126 valence electrons. The minimum atomic E-state index is -1.01. The Labute approximate surface area is 142 Å². The van der Waals surface area contributed by atoms with Crippen molar-refractivity contribution < 1.29 is 14.3 Å². The van der Waals surface area contributed by atoms with Crippen LogP contribution in [0, 0.1) is 0 Å². The Morgan fingerprint density at radius 3 is 2.04 bits per heavy atom. The summed E-state index contributed by atoms with van der Waals surface area (Å²) in [5, 5.41) is 6.10. The van der Waals surface area contributed by atoms with Gasteiger partial charge < -0.3 is 20.1 Å². The van der Waals surface area contributed by atoms with Crippen LogP contribution in [0.25, 0.3) is 11.1 Å². The monoisotopic (exact) mass is 326 g/mol. The van der Waals surface area contributed by atoms with Crippen molar-refractivity contribution in [2.24, 2.45) is 0 Å². The molecule has 3 rings (SSSR count). The molecule has 1 amide bonds. The van der Waals surface area contributed by atoms with E-state index >= 15 is 0 Å². The highest BCUT2D eigenvalue weighted by Gasteiger charge is 2.28. The largest absolute Gasteiger partial charge is 0.446 e. The van der Waals surface area contributed by atoms with Gasteiger partial charge in [-0.3, -0.25) is 4.79 Å². The van der Waals surface area contributed by atoms with Crippen molar-refractivity contribution in [3.63, 3.8) is 0 Å². The van der Waals surface area contributed by atoms with Gasteiger partial charge in [0.2, 0.25) is 0 Å². The van der Waals surface area contributed by atoms with E-state index in [9.17, 15) is 4.79 Å². The molecule has 5 heteroatoms. The van der Waals surface area contributed by atoms with Crippen LogP contribution in [-0.4, -0.2) is 31.3 Å². The summed E-state index contributed by atoms with van der Waals surface area (Å²) in [6.07, 6.45) is -1.01. The maximum Gasteiger partial charge on any atom is 0.321 e. The van der Waals surface area contributed by atoms with Crippen LogP contribution in [0.1, 0.15) is 13.8 Å². The van der Waals surface area contributed by atoms with Crippen LogP contribution in [0.2, 0.25) is 0 Å². The first-order valence-electron chi connectivity index (χ1n) is 8.18. The fourth-order valence-electron chi connectivity index (χ4n) is 2.58. The molecule has 0 saturated heterocycles. The van der Waals surface area contributed by atoms with E-state index in [0.29, 0.717) is 30.6 Å². The fourth-order valence-corrected chi connectivity index (χ4v) is 2.58. The van der Waals surface area contributed by atoms with Crippen LogP contribution < -0.4 is 20.1 Å². The second-order valence-electron chi connectivity index (χ2n) is 5.96. The molecule has 0 bridgehead atoms. The number of para-hydroxylation sites is 2. The van der Waals surface area contributed by atoms with E-state index in [0.717, 1.165) is 11.1 Å². The summed E-state index contributed by atoms with van der Waals surface area (Å²) in [6.45, 7) is 5.34. The molecular weight excluding hydrogens is 304 g/mol. The van der Waals surface area contributed by atoms with Gasteiger partial charge in [-0.1, -0.05) is 50.2 Å². The summed E-state index contributed by atoms with van der Waals surface area (Å²) >= 11 is 0. The van der Waals surface area contributed by atoms with Crippen molar-refractivity contribution in [2.75, 3.05) is 13.1 Å². The van der Waals surface area contributed by atoms with Gasteiger partial charge in [0.05, 0.1) is 0 Å². The summed E-state index contributed by atoms with van der Waals surface area (Å²) in [5.74, 6) is 0.998. The van der Waals surface area contributed by atoms with Crippen LogP contribution in [0.4, 0.5) is 0 Å². The molecule has 2 aromatic rings. The predicted octanol–water partition coefficient (Wildman–Crippen LogP) is 2.57. The molecule has 5 nitrogen and oxygen atoms in total. The molecule has 0 saturated carbocycles. The summed E-state index contributed by atoms with van der Waals surface area (Å²) in [7, 11) is 0. The lowest BCUT2D eigenvalue weighted by Crippen LogP contribution is -2.44. The molecule has 2 aromatic carbocycles. The molecule has 1 aliphatic rings. The zero-order valence-corrected chi connectivity index (χ0v) is 13.9. The highest BCUT2D eigenvalue weighted by atomic mass is 16.7. The third-order valence-corrected chi connectivity index (χ3v) is 3.72. The number of hydrogen-bond acceptors (Lipinski definition) is 4. The minimum absolute atomic E-state index is 0.285. The van der Waals surface area contributed by atoms with E-state index in [1.165, 1.54) is 0 Å². The van der Waals surface area contributed by atoms with Gasteiger partial charge in [0.1, 0.15) is 11.5 Å². The highest BCUT2D eigenvalue weighted by Crippen LogP contribution is 2.39. The maximum absolute atomic E-state index is 12.4. The number of rotatable bonds is 5. The van der Waals surface area contributed by atoms with E-state index in [1.54, 1.807) is 0 Å². The average Bonchev–Trinajstić information content (AvgIpc) is 2.75. The van der Waals surface area contributed by atoms with E-state index < -0.39 is 6.29 Å². The van der Waals surface area contributed by atoms with Gasteiger partial charge in [0.15, 0.2) is 0 Å². The minimum Gasteiger partial charge on any atom is -0.446 e. The first-order valence-corrected chi connectivity index (χ1v) is 8.18. The van der Waals surface area contributed by atoms with Gasteiger partial charge >= 0.3 is 12.2 Å². The van der Waals surface area contributed by atoms with Crippen molar-refractivity contribution >= 4 is 5.91 Å². The second-order valence-corrected chi connectivity index (χ2v) is 5.96. The van der Waals surface area contributed by atoms with Gasteiger partial charge in [0, 0.05) is 30.3 Å². The quantitative estimate of drug-likeness (QED) is 0.829. The molecule has 1 heterocycles. The number of amides is 1. The predicted molar refractivity (Wildman–Crippen MR) is 93.1 cm³/mol. The molecule has 24 heavy (non-hydrogen) atoms. The Balaban J connectivity index is 1.76. The first-order chi connectivity index (χ1) is 11.6. The normalized spacial score (nSPS) is 13.3. The van der Waals surface area contributed by atoms with Gasteiger partial charge in [0.25, 0.3) is 0 Å². The van der Waals surface area contributed by atoms with Gasteiger partial charge in [-0.25, -0.2) is 0 Å². The molecule has 0 fully saturated rings. The van der Waals surface area contributed by atoms with Crippen LogP contribution in [0.3, 0.4) is 0 Å². The summed E-state index contributed by atoms with van der Waals surface area (Å²) < 4.78 is 11.6. The van der Waals surface area contributed by atoms with Gasteiger partial charge in [-0.15, -0.1) is 0 Å². The van der Waals surface area contributed by atoms with E-state index in [2.05, 4.69) is 24.5 Å². The molecule has 0 radical (unpaired) electrons. The highest BCUT2D eigenvalue weighted by molar-refractivity contribution is 5.83. The molecule has 0 unspecified atom stereocenters. The lowest BCUT2D eigenvalue weighted by atomic mass is 10.0. The number of benzene rings is 2. The third-order valence-electron chi connectivity index (χ3n) is 3.72. The lowest BCUT2D eigenvalue weighted by Gasteiger charge is -2.18. The van der Waals surface area contributed by atoms with E-state index in [1.807, 2.05) is 48.5 Å². The van der Waals surface area contributed by atoms with Crippen molar-refractivity contribution in [3.05, 3.63) is 48.5 Å². The number of fused-ring (bicyclic) bond motifs is 3. The summed E-state index contributed by atoms with van der Waals surface area (Å²) in [4.78, 5) is 12.4. The molecule has 2 N–H and O–H groups in total. The number of hydrogen-bond donors (Lipinski definition) is 2. The molecular formula is C19H22N2O3. The fraction of sp³-hybridized carbons (Fsp3) is 0.316. The summed E-state index contributed by atoms with van der Waals surface area (Å²) in [5.41, 5.74) is 1.84. The van der Waals surface area contributed by atoms with Crippen LogP contribution >= 0.6 is 0 Å². The zero-order valence-electron chi connectivity index (χ0n) is 13.9. The SMILES string of the molecule is CC(C)NCCNC(=O)C1Oc2ccccc2-c2ccccc2O1. The zero-order chi connectivity index (χ0) is 16.9. The Kier molecular flexibility index (Phi) is 5.01. The number of carbonyl (C=O) groups excluding carboxylic acids is 1. The summed E-state index contributed by atoms with van der Waals surface area (Å²) in [6, 6.07) is 15.7. The molecule has 0 aromatic heterocycles. The number of carbonyl (C=O) groups is 1. The molecule has 0 atom stereocenters. The smallest absolute Gasteiger partial charge is 0.321 e. The Bertz CT molecular complexity index is 668. The standard InChI is InChI=1S/C19H22N2O3/c1-13(2)20-11-12-21-18(22)19-23-16-9-5-3-7-14(16)15-8-4-6-10-17(15)24-19/h3-10,13,19-20H,11-12H2,1-2H3,(H,21,22). The first kappa shape index (κ1) is 16.3. The van der Waals surface area contributed by atoms with Crippen LogP contribution in [0.15, 0.2) is 48.5 Å². The third kappa shape index (κ3) is 3.68. The van der Waals surface area contributed by atoms with Crippen molar-refractivity contribution in [1.29, 1.82) is 0 Å².